The molecule has 0 aliphatic rings. The Hall–Kier alpha value is -2.29. The quantitative estimate of drug-likeness (QED) is 0.674. The second-order valence-electron chi connectivity index (χ2n) is 5.96. The minimum atomic E-state index is -3.48. The molecule has 1 amide bonds. The lowest BCUT2D eigenvalue weighted by Crippen LogP contribution is -2.38. The molecule has 136 valence electrons. The van der Waals surface area contributed by atoms with Gasteiger partial charge in [-0.25, -0.2) is 8.42 Å². The summed E-state index contributed by atoms with van der Waals surface area (Å²) < 4.78 is 30.4. The highest BCUT2D eigenvalue weighted by molar-refractivity contribution is 7.88. The Morgan fingerprint density at radius 1 is 1.19 bits per heavy atom. The van der Waals surface area contributed by atoms with E-state index in [1.165, 1.54) is 15.8 Å². The molecule has 0 saturated heterocycles. The van der Waals surface area contributed by atoms with E-state index in [-0.39, 0.29) is 19.0 Å². The van der Waals surface area contributed by atoms with Crippen molar-refractivity contribution >= 4 is 43.2 Å². The third-order valence-corrected chi connectivity index (χ3v) is 5.95. The summed E-state index contributed by atoms with van der Waals surface area (Å²) in [6.45, 7) is 0.0370. The first kappa shape index (κ1) is 18.5. The van der Waals surface area contributed by atoms with Gasteiger partial charge in [0.1, 0.15) is 0 Å². The van der Waals surface area contributed by atoms with Gasteiger partial charge < -0.3 is 5.32 Å². The Morgan fingerprint density at radius 3 is 2.69 bits per heavy atom. The van der Waals surface area contributed by atoms with Gasteiger partial charge in [-0.15, -0.1) is 0 Å². The summed E-state index contributed by atoms with van der Waals surface area (Å²) >= 11 is 1.38. The smallest absolute Gasteiger partial charge is 0.239 e. The SMILES string of the molecule is CS(=O)(=O)N(CCc1ccccc1)CC(=O)Nc1ccc2sncc2c1. The number of carbonyl (C=O) groups is 1. The maximum atomic E-state index is 12.3. The third-order valence-electron chi connectivity index (χ3n) is 3.92. The molecule has 0 radical (unpaired) electrons. The van der Waals surface area contributed by atoms with Gasteiger partial charge in [0, 0.05) is 23.8 Å². The number of nitrogens with zero attached hydrogens (tertiary/aromatic N) is 2. The Balaban J connectivity index is 1.64. The van der Waals surface area contributed by atoms with Gasteiger partial charge in [-0.2, -0.15) is 8.68 Å². The zero-order chi connectivity index (χ0) is 18.6. The maximum Gasteiger partial charge on any atom is 0.239 e. The van der Waals surface area contributed by atoms with Crippen LogP contribution in [-0.4, -0.2) is 42.3 Å². The summed E-state index contributed by atoms with van der Waals surface area (Å²) in [5.41, 5.74) is 1.65. The van der Waals surface area contributed by atoms with E-state index in [1.807, 2.05) is 42.5 Å². The van der Waals surface area contributed by atoms with Crippen LogP contribution >= 0.6 is 11.5 Å². The van der Waals surface area contributed by atoms with Gasteiger partial charge in [-0.3, -0.25) is 4.79 Å². The molecule has 0 fully saturated rings. The van der Waals surface area contributed by atoms with Crippen molar-refractivity contribution in [2.45, 2.75) is 6.42 Å². The van der Waals surface area contributed by atoms with E-state index in [4.69, 9.17) is 0 Å². The number of sulfonamides is 1. The van der Waals surface area contributed by atoms with Crippen molar-refractivity contribution < 1.29 is 13.2 Å². The molecule has 8 heteroatoms. The largest absolute Gasteiger partial charge is 0.325 e. The molecule has 0 aliphatic carbocycles. The molecule has 1 heterocycles. The van der Waals surface area contributed by atoms with Crippen molar-refractivity contribution in [2.24, 2.45) is 0 Å². The van der Waals surface area contributed by atoms with Crippen LogP contribution in [-0.2, 0) is 21.2 Å². The molecule has 0 saturated carbocycles. The molecule has 1 N–H and O–H groups in total. The van der Waals surface area contributed by atoms with E-state index >= 15 is 0 Å². The zero-order valence-corrected chi connectivity index (χ0v) is 15.9. The van der Waals surface area contributed by atoms with Gasteiger partial charge in [0.2, 0.25) is 15.9 Å². The summed E-state index contributed by atoms with van der Waals surface area (Å²) in [6.07, 6.45) is 3.40. The third kappa shape index (κ3) is 4.87. The molecule has 26 heavy (non-hydrogen) atoms. The average Bonchev–Trinajstić information content (AvgIpc) is 3.06. The molecule has 0 aliphatic heterocycles. The molecule has 0 atom stereocenters. The number of amides is 1. The second-order valence-corrected chi connectivity index (χ2v) is 8.77. The molecular formula is C18H19N3O3S2. The lowest BCUT2D eigenvalue weighted by Gasteiger charge is -2.19. The van der Waals surface area contributed by atoms with E-state index in [9.17, 15) is 13.2 Å². The highest BCUT2D eigenvalue weighted by Gasteiger charge is 2.20. The number of hydrogen-bond acceptors (Lipinski definition) is 5. The fraction of sp³-hybridized carbons (Fsp3) is 0.222. The minimum Gasteiger partial charge on any atom is -0.325 e. The van der Waals surface area contributed by atoms with Crippen molar-refractivity contribution in [3.63, 3.8) is 0 Å². The summed E-state index contributed by atoms with van der Waals surface area (Å²) in [4.78, 5) is 12.3. The molecule has 2 aromatic carbocycles. The van der Waals surface area contributed by atoms with Gasteiger partial charge in [0.05, 0.1) is 17.5 Å². The van der Waals surface area contributed by atoms with E-state index in [0.717, 1.165) is 21.9 Å². The monoisotopic (exact) mass is 389 g/mol. The first-order chi connectivity index (χ1) is 12.4. The number of aromatic nitrogens is 1. The van der Waals surface area contributed by atoms with Gasteiger partial charge in [-0.05, 0) is 41.7 Å². The number of carbonyl (C=O) groups excluding carboxylic acids is 1. The van der Waals surface area contributed by atoms with Crippen LogP contribution in [0.25, 0.3) is 10.1 Å². The van der Waals surface area contributed by atoms with Crippen LogP contribution in [0.2, 0.25) is 0 Å². The van der Waals surface area contributed by atoms with Crippen LogP contribution in [0.4, 0.5) is 5.69 Å². The van der Waals surface area contributed by atoms with Gasteiger partial charge in [0.25, 0.3) is 0 Å². The molecular weight excluding hydrogens is 370 g/mol. The highest BCUT2D eigenvalue weighted by atomic mass is 32.2. The highest BCUT2D eigenvalue weighted by Crippen LogP contribution is 2.21. The van der Waals surface area contributed by atoms with Crippen molar-refractivity contribution in [1.29, 1.82) is 0 Å². The minimum absolute atomic E-state index is 0.217. The molecule has 0 unspecified atom stereocenters. The van der Waals surface area contributed by atoms with E-state index in [0.29, 0.717) is 12.1 Å². The Morgan fingerprint density at radius 2 is 1.96 bits per heavy atom. The second kappa shape index (κ2) is 7.94. The van der Waals surface area contributed by atoms with Crippen LogP contribution in [0.3, 0.4) is 0 Å². The van der Waals surface area contributed by atoms with Crippen molar-refractivity contribution in [3.05, 3.63) is 60.3 Å². The van der Waals surface area contributed by atoms with Gasteiger partial charge in [0.15, 0.2) is 0 Å². The molecule has 1 aromatic heterocycles. The summed E-state index contributed by atoms with van der Waals surface area (Å²) in [7, 11) is -3.48. The number of benzene rings is 2. The first-order valence-corrected chi connectivity index (χ1v) is 10.7. The van der Waals surface area contributed by atoms with Crippen LogP contribution < -0.4 is 5.32 Å². The number of anilines is 1. The van der Waals surface area contributed by atoms with Gasteiger partial charge in [-0.1, -0.05) is 30.3 Å². The predicted octanol–water partition coefficient (Wildman–Crippen LogP) is 2.74. The van der Waals surface area contributed by atoms with Gasteiger partial charge >= 0.3 is 0 Å². The Kier molecular flexibility index (Phi) is 5.65. The lowest BCUT2D eigenvalue weighted by atomic mass is 10.1. The topological polar surface area (TPSA) is 79.4 Å². The first-order valence-electron chi connectivity index (χ1n) is 8.05. The van der Waals surface area contributed by atoms with Crippen LogP contribution in [0.15, 0.2) is 54.7 Å². The van der Waals surface area contributed by atoms with Crippen LogP contribution in [0.1, 0.15) is 5.56 Å². The fourth-order valence-corrected chi connectivity index (χ4v) is 3.97. The molecule has 3 aromatic rings. The van der Waals surface area contributed by atoms with E-state index < -0.39 is 10.0 Å². The van der Waals surface area contributed by atoms with Crippen LogP contribution in [0.5, 0.6) is 0 Å². The van der Waals surface area contributed by atoms with Crippen molar-refractivity contribution in [1.82, 2.24) is 8.68 Å². The predicted molar refractivity (Wildman–Crippen MR) is 105 cm³/mol. The molecule has 6 nitrogen and oxygen atoms in total. The average molecular weight is 390 g/mol. The number of rotatable bonds is 7. The molecule has 0 spiro atoms. The molecule has 0 bridgehead atoms. The summed E-state index contributed by atoms with van der Waals surface area (Å²) in [5, 5.41) is 3.70. The zero-order valence-electron chi connectivity index (χ0n) is 14.3. The number of fused-ring (bicyclic) bond motifs is 1. The standard InChI is InChI=1S/C18H19N3O3S2/c1-26(23,24)21(10-9-14-5-3-2-4-6-14)13-18(22)20-16-7-8-17-15(11-16)12-19-25-17/h2-8,11-12H,9-10,13H2,1H3,(H,20,22). The fourth-order valence-electron chi connectivity index (χ4n) is 2.57. The van der Waals surface area contributed by atoms with Crippen molar-refractivity contribution in [2.75, 3.05) is 24.7 Å². The maximum absolute atomic E-state index is 12.3. The van der Waals surface area contributed by atoms with E-state index in [1.54, 1.807) is 12.3 Å². The Labute approximate surface area is 156 Å². The number of nitrogens with one attached hydrogen (secondary N) is 1. The van der Waals surface area contributed by atoms with Crippen LogP contribution in [0, 0.1) is 0 Å². The number of hydrogen-bond donors (Lipinski definition) is 1. The normalized spacial score (nSPS) is 11.8. The summed E-state index contributed by atoms with van der Waals surface area (Å²) in [5.74, 6) is -0.369. The van der Waals surface area contributed by atoms with E-state index in [2.05, 4.69) is 9.69 Å². The summed E-state index contributed by atoms with van der Waals surface area (Å²) in [6, 6.07) is 15.1. The van der Waals surface area contributed by atoms with Crippen molar-refractivity contribution in [3.8, 4) is 0 Å². The molecule has 3 rings (SSSR count). The Bertz CT molecular complexity index is 1000. The lowest BCUT2D eigenvalue weighted by molar-refractivity contribution is -0.116.